The maximum absolute atomic E-state index is 13.2. The second-order valence-electron chi connectivity index (χ2n) is 8.73. The molecule has 1 aliphatic rings. The van der Waals surface area contributed by atoms with E-state index in [0.717, 1.165) is 43.0 Å². The summed E-state index contributed by atoms with van der Waals surface area (Å²) in [4.78, 5) is 15.8. The van der Waals surface area contributed by atoms with Crippen molar-refractivity contribution in [1.82, 2.24) is 14.4 Å². The lowest BCUT2D eigenvalue weighted by Crippen LogP contribution is -2.36. The van der Waals surface area contributed by atoms with E-state index in [1.165, 1.54) is 19.1 Å². The Morgan fingerprint density at radius 2 is 1.77 bits per heavy atom. The molecule has 35 heavy (non-hydrogen) atoms. The summed E-state index contributed by atoms with van der Waals surface area (Å²) in [6.45, 7) is 1.45. The molecule has 3 N–H and O–H groups in total. The number of carbonyl (C=O) groups is 1. The molecule has 0 atom stereocenters. The third-order valence-electron chi connectivity index (χ3n) is 6.24. The predicted octanol–water partition coefficient (Wildman–Crippen LogP) is 4.11. The number of sulfonamides is 2. The molecule has 11 heteroatoms. The smallest absolute Gasteiger partial charge is 0.242 e. The molecule has 1 saturated carbocycles. The normalized spacial score (nSPS) is 15.4. The van der Waals surface area contributed by atoms with E-state index in [4.69, 9.17) is 11.6 Å². The van der Waals surface area contributed by atoms with Crippen LogP contribution in [-0.4, -0.2) is 39.5 Å². The van der Waals surface area contributed by atoms with E-state index in [-0.39, 0.29) is 28.1 Å². The fraction of sp³-hybridized carbons (Fsp3) is 0.375. The first-order chi connectivity index (χ1) is 16.6. The molecule has 188 valence electrons. The van der Waals surface area contributed by atoms with Gasteiger partial charge in [0.05, 0.1) is 22.9 Å². The van der Waals surface area contributed by atoms with Crippen LogP contribution in [0.15, 0.2) is 47.4 Å². The number of para-hydroxylation sites is 1. The third-order valence-corrected chi connectivity index (χ3v) is 9.54. The summed E-state index contributed by atoms with van der Waals surface area (Å²) in [6.07, 6.45) is 4.44. The second-order valence-corrected chi connectivity index (χ2v) is 12.8. The van der Waals surface area contributed by atoms with E-state index in [9.17, 15) is 21.6 Å². The summed E-state index contributed by atoms with van der Waals surface area (Å²) in [7, 11) is -7.58. The molecular weight excluding hydrogens is 510 g/mol. The highest BCUT2D eigenvalue weighted by Gasteiger charge is 2.26. The van der Waals surface area contributed by atoms with Gasteiger partial charge in [-0.25, -0.2) is 21.6 Å². The van der Waals surface area contributed by atoms with Gasteiger partial charge in [0.2, 0.25) is 26.0 Å². The number of hydrogen-bond donors (Lipinski definition) is 3. The summed E-state index contributed by atoms with van der Waals surface area (Å²) >= 11 is 6.32. The number of aromatic nitrogens is 1. The molecule has 1 aliphatic carbocycles. The van der Waals surface area contributed by atoms with Crippen LogP contribution in [-0.2, 0) is 31.3 Å². The van der Waals surface area contributed by atoms with Gasteiger partial charge in [-0.3, -0.25) is 9.52 Å². The molecular formula is C24H28ClN3O5S2. The average Bonchev–Trinajstić information content (AvgIpc) is 3.17. The van der Waals surface area contributed by atoms with Crippen molar-refractivity contribution >= 4 is 48.5 Å². The molecule has 0 aliphatic heterocycles. The van der Waals surface area contributed by atoms with Gasteiger partial charge in [-0.15, -0.1) is 0 Å². The first-order valence-corrected chi connectivity index (χ1v) is 15.1. The quantitative estimate of drug-likeness (QED) is 0.399. The van der Waals surface area contributed by atoms with Crippen molar-refractivity contribution in [1.29, 1.82) is 0 Å². The Hall–Kier alpha value is -2.40. The number of H-pyrrole nitrogens is 1. The summed E-state index contributed by atoms with van der Waals surface area (Å²) in [5.74, 6) is -0.884. The Kier molecular flexibility index (Phi) is 7.56. The average molecular weight is 538 g/mol. The maximum atomic E-state index is 13.2. The summed E-state index contributed by atoms with van der Waals surface area (Å²) in [6, 6.07) is 11.9. The monoisotopic (exact) mass is 537 g/mol. The van der Waals surface area contributed by atoms with Gasteiger partial charge in [-0.05, 0) is 49.1 Å². The molecule has 2 aromatic carbocycles. The number of fused-ring (bicyclic) bond motifs is 1. The lowest BCUT2D eigenvalue weighted by Gasteiger charge is -2.23. The van der Waals surface area contributed by atoms with E-state index in [1.807, 2.05) is 24.3 Å². The molecule has 8 nitrogen and oxygen atoms in total. The number of rotatable bonds is 8. The van der Waals surface area contributed by atoms with Crippen LogP contribution >= 0.6 is 11.6 Å². The number of aromatic amines is 1. The Morgan fingerprint density at radius 1 is 1.06 bits per heavy atom. The van der Waals surface area contributed by atoms with Crippen LogP contribution in [0.1, 0.15) is 44.6 Å². The Bertz CT molecular complexity index is 1460. The van der Waals surface area contributed by atoms with Gasteiger partial charge in [0.25, 0.3) is 0 Å². The molecule has 0 saturated heterocycles. The van der Waals surface area contributed by atoms with Crippen LogP contribution < -0.4 is 9.44 Å². The van der Waals surface area contributed by atoms with Crippen LogP contribution in [0.4, 0.5) is 0 Å². The van der Waals surface area contributed by atoms with E-state index in [1.54, 1.807) is 6.07 Å². The molecule has 1 fully saturated rings. The molecule has 0 radical (unpaired) electrons. The standard InChI is InChI=1S/C24H28ClN3O5S2/c1-2-34(30,31)28-23(29)15-19-18-10-6-7-11-21(18)26-24(19)16-12-13-20(25)22(14-16)35(32,33)27-17-8-4-3-5-9-17/h6-7,10-14,17,26-27H,2-5,8-9,15H2,1H3,(H,28,29). The van der Waals surface area contributed by atoms with Gasteiger partial charge in [-0.1, -0.05) is 55.1 Å². The molecule has 0 bridgehead atoms. The van der Waals surface area contributed by atoms with Crippen LogP contribution in [0.25, 0.3) is 22.2 Å². The van der Waals surface area contributed by atoms with Gasteiger partial charge in [0.1, 0.15) is 4.90 Å². The summed E-state index contributed by atoms with van der Waals surface area (Å²) in [5, 5.41) is 0.840. The summed E-state index contributed by atoms with van der Waals surface area (Å²) < 4.78 is 55.0. The zero-order valence-corrected chi connectivity index (χ0v) is 21.7. The number of halogens is 1. The minimum absolute atomic E-state index is 0.0372. The van der Waals surface area contributed by atoms with Crippen molar-refractivity contribution in [3.8, 4) is 11.3 Å². The largest absolute Gasteiger partial charge is 0.354 e. The second kappa shape index (κ2) is 10.3. The number of benzene rings is 2. The predicted molar refractivity (Wildman–Crippen MR) is 137 cm³/mol. The molecule has 1 heterocycles. The van der Waals surface area contributed by atoms with Crippen molar-refractivity contribution in [3.05, 3.63) is 53.1 Å². The number of nitrogens with one attached hydrogen (secondary N) is 3. The van der Waals surface area contributed by atoms with Gasteiger partial charge in [-0.2, -0.15) is 0 Å². The van der Waals surface area contributed by atoms with Crippen LogP contribution in [0.3, 0.4) is 0 Å². The number of hydrogen-bond acceptors (Lipinski definition) is 5. The Labute approximate surface area is 210 Å². The molecule has 3 aromatic rings. The fourth-order valence-electron chi connectivity index (χ4n) is 4.44. The van der Waals surface area contributed by atoms with E-state index >= 15 is 0 Å². The molecule has 4 rings (SSSR count). The zero-order chi connectivity index (χ0) is 25.2. The molecule has 0 unspecified atom stereocenters. The molecule has 1 amide bonds. The lowest BCUT2D eigenvalue weighted by molar-refractivity contribution is -0.118. The number of amides is 1. The van der Waals surface area contributed by atoms with E-state index in [2.05, 4.69) is 14.4 Å². The van der Waals surface area contributed by atoms with Gasteiger partial charge >= 0.3 is 0 Å². The Morgan fingerprint density at radius 3 is 2.49 bits per heavy atom. The fourth-order valence-corrected chi connectivity index (χ4v) is 6.83. The number of carbonyl (C=O) groups excluding carboxylic acids is 1. The van der Waals surface area contributed by atoms with Crippen molar-refractivity contribution < 1.29 is 21.6 Å². The van der Waals surface area contributed by atoms with E-state index < -0.39 is 26.0 Å². The van der Waals surface area contributed by atoms with Gasteiger partial charge < -0.3 is 4.98 Å². The van der Waals surface area contributed by atoms with Crippen molar-refractivity contribution in [2.45, 2.75) is 56.4 Å². The van der Waals surface area contributed by atoms with Crippen molar-refractivity contribution in [3.63, 3.8) is 0 Å². The maximum Gasteiger partial charge on any atom is 0.242 e. The zero-order valence-electron chi connectivity index (χ0n) is 19.3. The first-order valence-electron chi connectivity index (χ1n) is 11.5. The van der Waals surface area contributed by atoms with Crippen LogP contribution in [0, 0.1) is 0 Å². The highest BCUT2D eigenvalue weighted by Crippen LogP contribution is 2.34. The highest BCUT2D eigenvalue weighted by atomic mass is 35.5. The van der Waals surface area contributed by atoms with E-state index in [0.29, 0.717) is 16.8 Å². The third kappa shape index (κ3) is 5.88. The van der Waals surface area contributed by atoms with Crippen LogP contribution in [0.5, 0.6) is 0 Å². The highest BCUT2D eigenvalue weighted by molar-refractivity contribution is 7.90. The van der Waals surface area contributed by atoms with Gasteiger partial charge in [0, 0.05) is 16.9 Å². The lowest BCUT2D eigenvalue weighted by atomic mass is 9.96. The summed E-state index contributed by atoms with van der Waals surface area (Å²) in [5.41, 5.74) is 2.36. The molecule has 0 spiro atoms. The van der Waals surface area contributed by atoms with Crippen LogP contribution in [0.2, 0.25) is 5.02 Å². The minimum atomic E-state index is -3.87. The van der Waals surface area contributed by atoms with Crippen molar-refractivity contribution in [2.75, 3.05) is 5.75 Å². The topological polar surface area (TPSA) is 125 Å². The first kappa shape index (κ1) is 25.7. The molecule has 1 aromatic heterocycles. The van der Waals surface area contributed by atoms with Crippen molar-refractivity contribution in [2.24, 2.45) is 0 Å². The van der Waals surface area contributed by atoms with Gasteiger partial charge in [0.15, 0.2) is 0 Å². The Balaban J connectivity index is 1.74. The minimum Gasteiger partial charge on any atom is -0.354 e. The SMILES string of the molecule is CCS(=O)(=O)NC(=O)Cc1c(-c2ccc(Cl)c(S(=O)(=O)NC3CCCCC3)c2)[nH]c2ccccc12.